The molecule has 3 heteroatoms. The summed E-state index contributed by atoms with van der Waals surface area (Å²) in [6.07, 6.45) is 10.6. The molecule has 5 aliphatic carbocycles. The maximum atomic E-state index is 14.0. The van der Waals surface area contributed by atoms with Crippen molar-refractivity contribution in [2.24, 2.45) is 50.7 Å². The molecule has 3 fully saturated rings. The van der Waals surface area contributed by atoms with Crippen molar-refractivity contribution in [3.05, 3.63) is 22.8 Å². The van der Waals surface area contributed by atoms with Crippen LogP contribution in [0.3, 0.4) is 0 Å². The zero-order valence-electron chi connectivity index (χ0n) is 26.3. The summed E-state index contributed by atoms with van der Waals surface area (Å²) in [6, 6.07) is 0. The molecule has 5 rings (SSSR count). The predicted octanol–water partition coefficient (Wildman–Crippen LogP) is 8.87. The molecule has 7 atom stereocenters. The number of hydrogen-bond donors (Lipinski definition) is 0. The van der Waals surface area contributed by atoms with Crippen LogP contribution in [-0.4, -0.2) is 17.4 Å². The number of allylic oxidation sites excluding steroid dienone is 3. The number of hydrogen-bond acceptors (Lipinski definition) is 3. The Kier molecular flexibility index (Phi) is 6.17. The smallest absolute Gasteiger partial charge is 0.317 e. The molecule has 0 aromatic carbocycles. The molecule has 3 nitrogen and oxygen atoms in total. The number of esters is 1. The molecule has 0 heterocycles. The number of carbonyl (C=O) groups excluding carboxylic acids is 2. The first-order valence-corrected chi connectivity index (χ1v) is 15.5. The van der Waals surface area contributed by atoms with Gasteiger partial charge < -0.3 is 4.74 Å². The Morgan fingerprint density at radius 3 is 2.21 bits per heavy atom. The van der Waals surface area contributed by atoms with Crippen LogP contribution in [-0.2, 0) is 14.3 Å². The molecule has 0 radical (unpaired) electrons. The molecule has 0 bridgehead atoms. The minimum absolute atomic E-state index is 0.0792. The average molecular weight is 523 g/mol. The summed E-state index contributed by atoms with van der Waals surface area (Å²) in [5, 5.41) is 0. The summed E-state index contributed by atoms with van der Waals surface area (Å²) in [6.45, 7) is 25.2. The highest BCUT2D eigenvalue weighted by molar-refractivity contribution is 6.06. The fourth-order valence-corrected chi connectivity index (χ4v) is 11.0. The monoisotopic (exact) mass is 522 g/mol. The minimum atomic E-state index is -0.759. The van der Waals surface area contributed by atoms with Crippen molar-refractivity contribution < 1.29 is 14.3 Å². The van der Waals surface area contributed by atoms with Crippen LogP contribution >= 0.6 is 0 Å². The second-order valence-electron chi connectivity index (χ2n) is 16.6. The molecule has 0 spiro atoms. The van der Waals surface area contributed by atoms with Crippen LogP contribution in [0.15, 0.2) is 22.8 Å². The SMILES string of the molecule is CC1=CC[C@]2(C)[C@H]3CC[C@@H]4C5=C(C(C)C)C(=O)C[C@]5(C(=O)OC(C)(C)C)CC[C@@]4(C)[C@]3(C)CC[C@H]2C1(C)C. The second-order valence-corrected chi connectivity index (χ2v) is 16.6. The summed E-state index contributed by atoms with van der Waals surface area (Å²) in [5.41, 5.74) is 3.23. The van der Waals surface area contributed by atoms with Gasteiger partial charge in [0.25, 0.3) is 0 Å². The predicted molar refractivity (Wildman–Crippen MR) is 154 cm³/mol. The van der Waals surface area contributed by atoms with E-state index in [0.29, 0.717) is 23.7 Å². The molecule has 0 unspecified atom stereocenters. The summed E-state index contributed by atoms with van der Waals surface area (Å²) in [5.74, 6) is 1.83. The van der Waals surface area contributed by atoms with Crippen molar-refractivity contribution in [3.8, 4) is 0 Å². The van der Waals surface area contributed by atoms with Gasteiger partial charge in [-0.15, -0.1) is 0 Å². The molecular formula is C35H54O3. The van der Waals surface area contributed by atoms with Gasteiger partial charge in [0.05, 0.1) is 5.41 Å². The molecule has 212 valence electrons. The van der Waals surface area contributed by atoms with Gasteiger partial charge in [-0.3, -0.25) is 9.59 Å². The lowest BCUT2D eigenvalue weighted by atomic mass is 9.33. The third-order valence-electron chi connectivity index (χ3n) is 13.2. The summed E-state index contributed by atoms with van der Waals surface area (Å²) in [4.78, 5) is 27.7. The van der Waals surface area contributed by atoms with Crippen LogP contribution in [0.5, 0.6) is 0 Å². The van der Waals surface area contributed by atoms with E-state index in [1.165, 1.54) is 31.3 Å². The Morgan fingerprint density at radius 1 is 0.947 bits per heavy atom. The lowest BCUT2D eigenvalue weighted by molar-refractivity contribution is -0.204. The van der Waals surface area contributed by atoms with Crippen molar-refractivity contribution in [1.29, 1.82) is 0 Å². The van der Waals surface area contributed by atoms with Crippen molar-refractivity contribution >= 4 is 11.8 Å². The molecule has 5 aliphatic rings. The van der Waals surface area contributed by atoms with Crippen LogP contribution in [0.4, 0.5) is 0 Å². The van der Waals surface area contributed by atoms with E-state index in [9.17, 15) is 9.59 Å². The van der Waals surface area contributed by atoms with E-state index in [0.717, 1.165) is 24.8 Å². The van der Waals surface area contributed by atoms with Gasteiger partial charge in [0.2, 0.25) is 0 Å². The summed E-state index contributed by atoms with van der Waals surface area (Å²) in [7, 11) is 0. The number of Topliss-reactive ketones (excluding diaryl/α,β-unsaturated/α-hetero) is 1. The Balaban J connectivity index is 1.62. The molecular weight excluding hydrogens is 468 g/mol. The van der Waals surface area contributed by atoms with Crippen molar-refractivity contribution in [2.75, 3.05) is 0 Å². The zero-order chi connectivity index (χ0) is 28.3. The molecule has 0 N–H and O–H groups in total. The van der Waals surface area contributed by atoms with Crippen molar-refractivity contribution in [3.63, 3.8) is 0 Å². The standard InChI is InChI=1S/C35H54O3/c1-21(2)27-24(36)20-35(29(37)38-30(4,5)6)19-18-33(10)23(28(27)35)12-13-26-32(9)16-14-22(3)31(7,8)25(32)15-17-34(26,33)11/h14,21,23,25-26H,12-13,15-20H2,1-11H3/t23-,25+,26-,32+,33-,34-,35-/m1/s1. The van der Waals surface area contributed by atoms with Crippen LogP contribution in [0.25, 0.3) is 0 Å². The maximum Gasteiger partial charge on any atom is 0.317 e. The summed E-state index contributed by atoms with van der Waals surface area (Å²) >= 11 is 0. The first kappa shape index (κ1) is 28.2. The van der Waals surface area contributed by atoms with Crippen LogP contribution in [0.2, 0.25) is 0 Å². The maximum absolute atomic E-state index is 14.0. The number of fused-ring (bicyclic) bond motifs is 7. The van der Waals surface area contributed by atoms with Gasteiger partial charge in [0.1, 0.15) is 5.60 Å². The second kappa shape index (κ2) is 8.32. The average Bonchev–Trinajstić information content (AvgIpc) is 3.09. The highest BCUT2D eigenvalue weighted by Crippen LogP contribution is 2.76. The Labute approximate surface area is 232 Å². The van der Waals surface area contributed by atoms with E-state index < -0.39 is 11.0 Å². The van der Waals surface area contributed by atoms with Crippen LogP contribution < -0.4 is 0 Å². The normalized spacial score (nSPS) is 44.2. The number of rotatable bonds is 2. The van der Waals surface area contributed by atoms with Gasteiger partial charge in [-0.1, -0.05) is 60.1 Å². The third kappa shape index (κ3) is 3.51. The van der Waals surface area contributed by atoms with Gasteiger partial charge in [0.15, 0.2) is 5.78 Å². The number of ether oxygens (including phenoxy) is 1. The quantitative estimate of drug-likeness (QED) is 0.269. The van der Waals surface area contributed by atoms with Gasteiger partial charge in [-0.05, 0) is 129 Å². The van der Waals surface area contributed by atoms with E-state index in [2.05, 4.69) is 61.5 Å². The first-order chi connectivity index (χ1) is 17.4. The molecule has 3 saturated carbocycles. The molecule has 0 aromatic rings. The molecule has 38 heavy (non-hydrogen) atoms. The van der Waals surface area contributed by atoms with E-state index in [4.69, 9.17) is 4.74 Å². The Morgan fingerprint density at radius 2 is 1.61 bits per heavy atom. The molecule has 0 aromatic heterocycles. The Hall–Kier alpha value is -1.38. The fourth-order valence-electron chi connectivity index (χ4n) is 11.0. The minimum Gasteiger partial charge on any atom is -0.459 e. The van der Waals surface area contributed by atoms with Crippen molar-refractivity contribution in [1.82, 2.24) is 0 Å². The zero-order valence-corrected chi connectivity index (χ0v) is 26.3. The topological polar surface area (TPSA) is 43.4 Å². The molecule has 0 saturated heterocycles. The largest absolute Gasteiger partial charge is 0.459 e. The fraction of sp³-hybridized carbons (Fsp3) is 0.829. The first-order valence-electron chi connectivity index (χ1n) is 15.5. The van der Waals surface area contributed by atoms with E-state index >= 15 is 0 Å². The third-order valence-corrected chi connectivity index (χ3v) is 13.2. The highest BCUT2D eigenvalue weighted by Gasteiger charge is 2.70. The lowest BCUT2D eigenvalue weighted by Crippen LogP contribution is -2.64. The summed E-state index contributed by atoms with van der Waals surface area (Å²) < 4.78 is 6.09. The van der Waals surface area contributed by atoms with Gasteiger partial charge >= 0.3 is 5.97 Å². The van der Waals surface area contributed by atoms with Crippen molar-refractivity contribution in [2.45, 2.75) is 133 Å². The lowest BCUT2D eigenvalue weighted by Gasteiger charge is -2.71. The molecule has 0 amide bonds. The van der Waals surface area contributed by atoms with E-state index in [1.54, 1.807) is 5.57 Å². The van der Waals surface area contributed by atoms with Crippen LogP contribution in [0, 0.1) is 50.7 Å². The van der Waals surface area contributed by atoms with Gasteiger partial charge in [0, 0.05) is 6.42 Å². The van der Waals surface area contributed by atoms with Gasteiger partial charge in [-0.2, -0.15) is 0 Å². The van der Waals surface area contributed by atoms with E-state index in [1.807, 2.05) is 20.8 Å². The van der Waals surface area contributed by atoms with E-state index in [-0.39, 0.29) is 39.8 Å². The van der Waals surface area contributed by atoms with Crippen LogP contribution in [0.1, 0.15) is 128 Å². The highest BCUT2D eigenvalue weighted by atomic mass is 16.6. The van der Waals surface area contributed by atoms with Gasteiger partial charge in [-0.25, -0.2) is 0 Å². The number of ketones is 1. The Bertz CT molecular complexity index is 1110. The number of carbonyl (C=O) groups is 2. The molecule has 0 aliphatic heterocycles.